The number of carbonyl (C=O) groups is 1. The predicted octanol–water partition coefficient (Wildman–Crippen LogP) is 2.83. The summed E-state index contributed by atoms with van der Waals surface area (Å²) in [5.41, 5.74) is 1.03. The van der Waals surface area contributed by atoms with Gasteiger partial charge in [-0.25, -0.2) is 9.78 Å². The zero-order valence-corrected chi connectivity index (χ0v) is 14.2. The maximum absolute atomic E-state index is 11.5. The van der Waals surface area contributed by atoms with E-state index < -0.39 is 5.97 Å². The Labute approximate surface area is 150 Å². The summed E-state index contributed by atoms with van der Waals surface area (Å²) in [5, 5.41) is 23.1. The molecule has 2 heterocycles. The smallest absolute Gasteiger partial charge is 0.337 e. The Kier molecular flexibility index (Phi) is 4.30. The second-order valence-corrected chi connectivity index (χ2v) is 6.62. The minimum atomic E-state index is -0.965. The first-order chi connectivity index (χ1) is 12.6. The van der Waals surface area contributed by atoms with Gasteiger partial charge >= 0.3 is 5.97 Å². The molecule has 1 saturated carbocycles. The first-order valence-electron chi connectivity index (χ1n) is 8.73. The number of aliphatic hydroxyl groups is 1. The van der Waals surface area contributed by atoms with Crippen molar-refractivity contribution in [2.24, 2.45) is 0 Å². The van der Waals surface area contributed by atoms with Gasteiger partial charge < -0.3 is 20.1 Å². The van der Waals surface area contributed by atoms with Crippen LogP contribution in [0.25, 0.3) is 16.7 Å². The second-order valence-electron chi connectivity index (χ2n) is 6.62. The van der Waals surface area contributed by atoms with Crippen molar-refractivity contribution in [2.45, 2.75) is 37.8 Å². The number of hydrogen-bond donors (Lipinski definition) is 3. The molecule has 3 aromatic rings. The topological polar surface area (TPSA) is 100 Å². The fourth-order valence-electron chi connectivity index (χ4n) is 3.50. The lowest BCUT2D eigenvalue weighted by Crippen LogP contribution is -2.29. The Morgan fingerprint density at radius 1 is 1.15 bits per heavy atom. The van der Waals surface area contributed by atoms with Gasteiger partial charge in [-0.2, -0.15) is 4.98 Å². The number of aromatic carboxylic acids is 1. The van der Waals surface area contributed by atoms with E-state index >= 15 is 0 Å². The predicted molar refractivity (Wildman–Crippen MR) is 97.7 cm³/mol. The van der Waals surface area contributed by atoms with Gasteiger partial charge in [-0.1, -0.05) is 18.2 Å². The van der Waals surface area contributed by atoms with Crippen LogP contribution in [0.15, 0.2) is 42.7 Å². The first kappa shape index (κ1) is 16.5. The summed E-state index contributed by atoms with van der Waals surface area (Å²) in [6, 6.07) is 9.36. The van der Waals surface area contributed by atoms with Crippen molar-refractivity contribution in [3.05, 3.63) is 48.3 Å². The van der Waals surface area contributed by atoms with Gasteiger partial charge in [0.2, 0.25) is 5.95 Å². The molecule has 0 radical (unpaired) electrons. The minimum Gasteiger partial charge on any atom is -0.478 e. The monoisotopic (exact) mass is 352 g/mol. The Bertz CT molecular complexity index is 945. The summed E-state index contributed by atoms with van der Waals surface area (Å²) in [6.45, 7) is 0. The van der Waals surface area contributed by atoms with Crippen molar-refractivity contribution in [3.8, 4) is 5.82 Å². The summed E-state index contributed by atoms with van der Waals surface area (Å²) in [7, 11) is 0. The van der Waals surface area contributed by atoms with Gasteiger partial charge in [0, 0.05) is 23.8 Å². The second kappa shape index (κ2) is 6.76. The quantitative estimate of drug-likeness (QED) is 0.668. The van der Waals surface area contributed by atoms with Crippen molar-refractivity contribution in [3.63, 3.8) is 0 Å². The van der Waals surface area contributed by atoms with Crippen LogP contribution < -0.4 is 5.32 Å². The zero-order valence-electron chi connectivity index (χ0n) is 14.2. The van der Waals surface area contributed by atoms with Gasteiger partial charge in [-0.05, 0) is 37.8 Å². The molecule has 0 bridgehead atoms. The lowest BCUT2D eigenvalue weighted by Gasteiger charge is -2.26. The van der Waals surface area contributed by atoms with Crippen LogP contribution in [-0.2, 0) is 0 Å². The molecule has 1 aromatic carbocycles. The van der Waals surface area contributed by atoms with Gasteiger partial charge in [0.1, 0.15) is 5.82 Å². The molecule has 1 aliphatic carbocycles. The Morgan fingerprint density at radius 2 is 1.92 bits per heavy atom. The van der Waals surface area contributed by atoms with Crippen LogP contribution in [0.4, 0.5) is 5.95 Å². The molecule has 134 valence electrons. The fraction of sp³-hybridized carbons (Fsp3) is 0.316. The van der Waals surface area contributed by atoms with Gasteiger partial charge in [0.05, 0.1) is 17.2 Å². The molecule has 4 rings (SSSR count). The van der Waals surface area contributed by atoms with Crippen LogP contribution in [0.1, 0.15) is 36.0 Å². The summed E-state index contributed by atoms with van der Waals surface area (Å²) < 4.78 is 1.77. The van der Waals surface area contributed by atoms with Crippen LogP contribution >= 0.6 is 0 Å². The van der Waals surface area contributed by atoms with Crippen molar-refractivity contribution >= 4 is 22.8 Å². The SMILES string of the molecule is O=C(O)c1cn(-c2ccnc(NC3CCC(O)CC3)n2)c2ccccc12. The molecule has 0 atom stereocenters. The number of carboxylic acid groups (broad SMARTS) is 1. The zero-order chi connectivity index (χ0) is 18.1. The number of para-hydroxylation sites is 1. The highest BCUT2D eigenvalue weighted by Gasteiger charge is 2.20. The van der Waals surface area contributed by atoms with E-state index in [0.29, 0.717) is 17.2 Å². The number of benzene rings is 1. The molecule has 0 spiro atoms. The maximum atomic E-state index is 11.5. The van der Waals surface area contributed by atoms with Crippen LogP contribution in [0.5, 0.6) is 0 Å². The van der Waals surface area contributed by atoms with Crippen LogP contribution in [0.3, 0.4) is 0 Å². The van der Waals surface area contributed by atoms with Crippen LogP contribution in [-0.4, -0.2) is 42.9 Å². The van der Waals surface area contributed by atoms with E-state index in [9.17, 15) is 15.0 Å². The largest absolute Gasteiger partial charge is 0.478 e. The molecule has 0 amide bonds. The fourth-order valence-corrected chi connectivity index (χ4v) is 3.50. The number of hydrogen-bond acceptors (Lipinski definition) is 5. The highest BCUT2D eigenvalue weighted by Crippen LogP contribution is 2.25. The number of nitrogens with one attached hydrogen (secondary N) is 1. The van der Waals surface area contributed by atoms with Crippen LogP contribution in [0, 0.1) is 0 Å². The molecule has 0 saturated heterocycles. The number of carboxylic acids is 1. The molecule has 0 unspecified atom stereocenters. The molecule has 1 aliphatic rings. The van der Waals surface area contributed by atoms with Crippen LogP contribution in [0.2, 0.25) is 0 Å². The average molecular weight is 352 g/mol. The summed E-state index contributed by atoms with van der Waals surface area (Å²) in [5.74, 6) is 0.161. The minimum absolute atomic E-state index is 0.207. The summed E-state index contributed by atoms with van der Waals surface area (Å²) in [6.07, 6.45) is 6.37. The highest BCUT2D eigenvalue weighted by molar-refractivity contribution is 6.03. The highest BCUT2D eigenvalue weighted by atomic mass is 16.4. The lowest BCUT2D eigenvalue weighted by atomic mass is 9.93. The van der Waals surface area contributed by atoms with Crippen molar-refractivity contribution in [1.29, 1.82) is 0 Å². The Balaban J connectivity index is 1.67. The van der Waals surface area contributed by atoms with E-state index in [2.05, 4.69) is 15.3 Å². The molecule has 0 aliphatic heterocycles. The summed E-state index contributed by atoms with van der Waals surface area (Å²) in [4.78, 5) is 20.4. The van der Waals surface area contributed by atoms with Crippen molar-refractivity contribution in [2.75, 3.05) is 5.32 Å². The molecular formula is C19H20N4O3. The van der Waals surface area contributed by atoms with Gasteiger partial charge in [0.15, 0.2) is 0 Å². The molecular weight excluding hydrogens is 332 g/mol. The number of fused-ring (bicyclic) bond motifs is 1. The third-order valence-corrected chi connectivity index (χ3v) is 4.86. The molecule has 3 N–H and O–H groups in total. The third-order valence-electron chi connectivity index (χ3n) is 4.86. The number of aliphatic hydroxyl groups excluding tert-OH is 1. The Morgan fingerprint density at radius 3 is 2.69 bits per heavy atom. The standard InChI is InChI=1S/C19H20N4O3/c24-13-7-5-12(6-8-13)21-19-20-10-9-17(22-19)23-11-15(18(25)26)14-3-1-2-4-16(14)23/h1-4,9-13,24H,5-8H2,(H,25,26)(H,20,21,22). The van der Waals surface area contributed by atoms with E-state index in [4.69, 9.17) is 0 Å². The lowest BCUT2D eigenvalue weighted by molar-refractivity contribution is 0.0699. The van der Waals surface area contributed by atoms with E-state index in [1.165, 1.54) is 0 Å². The van der Waals surface area contributed by atoms with E-state index in [-0.39, 0.29) is 17.7 Å². The molecule has 7 nitrogen and oxygen atoms in total. The Hall–Kier alpha value is -2.93. The molecule has 26 heavy (non-hydrogen) atoms. The maximum Gasteiger partial charge on any atom is 0.337 e. The van der Waals surface area contributed by atoms with E-state index in [1.807, 2.05) is 18.2 Å². The van der Waals surface area contributed by atoms with Crippen molar-refractivity contribution in [1.82, 2.24) is 14.5 Å². The number of rotatable bonds is 4. The van der Waals surface area contributed by atoms with E-state index in [1.54, 1.807) is 29.1 Å². The molecule has 7 heteroatoms. The van der Waals surface area contributed by atoms with Gasteiger partial charge in [-0.3, -0.25) is 0 Å². The third kappa shape index (κ3) is 3.13. The number of anilines is 1. The average Bonchev–Trinajstić information content (AvgIpc) is 3.04. The van der Waals surface area contributed by atoms with Gasteiger partial charge in [-0.15, -0.1) is 0 Å². The molecule has 2 aromatic heterocycles. The number of aromatic nitrogens is 3. The first-order valence-corrected chi connectivity index (χ1v) is 8.73. The van der Waals surface area contributed by atoms with E-state index in [0.717, 1.165) is 31.2 Å². The van der Waals surface area contributed by atoms with Crippen molar-refractivity contribution < 1.29 is 15.0 Å². The summed E-state index contributed by atoms with van der Waals surface area (Å²) >= 11 is 0. The van der Waals surface area contributed by atoms with Gasteiger partial charge in [0.25, 0.3) is 0 Å². The number of nitrogens with zero attached hydrogens (tertiary/aromatic N) is 3. The molecule has 1 fully saturated rings. The normalized spacial score (nSPS) is 20.2.